The summed E-state index contributed by atoms with van der Waals surface area (Å²) in [6.45, 7) is 7.35. The van der Waals surface area contributed by atoms with Gasteiger partial charge in [0.2, 0.25) is 0 Å². The Labute approximate surface area is 129 Å². The highest BCUT2D eigenvalue weighted by Crippen LogP contribution is 2.58. The van der Waals surface area contributed by atoms with Gasteiger partial charge in [0.25, 0.3) is 0 Å². The molecule has 1 N–H and O–H groups in total. The monoisotopic (exact) mass is 295 g/mol. The van der Waals surface area contributed by atoms with Crippen molar-refractivity contribution in [2.24, 2.45) is 34.3 Å². The number of hydrogen-bond donors (Lipinski definition) is 1. The molecule has 2 aliphatic rings. The van der Waals surface area contributed by atoms with E-state index in [1.165, 1.54) is 25.7 Å². The van der Waals surface area contributed by atoms with E-state index in [-0.39, 0.29) is 11.5 Å². The smallest absolute Gasteiger partial charge is 0.0873 e. The van der Waals surface area contributed by atoms with Gasteiger partial charge in [-0.25, -0.2) is 0 Å². The fourth-order valence-corrected chi connectivity index (χ4v) is 5.33. The number of nitroso groups, excluding NO2 is 1. The van der Waals surface area contributed by atoms with Gasteiger partial charge >= 0.3 is 0 Å². The lowest BCUT2D eigenvalue weighted by Gasteiger charge is -2.46. The Hall–Kier alpha value is -0.440. The van der Waals surface area contributed by atoms with Gasteiger partial charge in [-0.3, -0.25) is 0 Å². The third-order valence-corrected chi connectivity index (χ3v) is 6.36. The van der Waals surface area contributed by atoms with Crippen molar-refractivity contribution in [3.05, 3.63) is 4.91 Å². The van der Waals surface area contributed by atoms with Crippen LogP contribution in [0.1, 0.15) is 72.1 Å². The molecule has 0 unspecified atom stereocenters. The van der Waals surface area contributed by atoms with Gasteiger partial charge in [0.15, 0.2) is 0 Å². The molecule has 2 fully saturated rings. The summed E-state index contributed by atoms with van der Waals surface area (Å²) in [5.74, 6) is 2.33. The normalized spacial score (nSPS) is 37.5. The first kappa shape index (κ1) is 16.9. The molecule has 122 valence electrons. The van der Waals surface area contributed by atoms with Crippen molar-refractivity contribution in [3.63, 3.8) is 0 Å². The molecule has 3 heteroatoms. The lowest BCUT2D eigenvalue weighted by atomic mass is 9.60. The number of fused-ring (bicyclic) bond motifs is 1. The van der Waals surface area contributed by atoms with Crippen LogP contribution < -0.4 is 0 Å². The van der Waals surface area contributed by atoms with Crippen molar-refractivity contribution in [2.45, 2.75) is 78.2 Å². The second-order valence-electron chi connectivity index (χ2n) is 8.07. The standard InChI is InChI=1S/C18H33NO2/c1-13(2)6-4-7-14(3)15-9-10-16-17(20)8-5-11-18(15,16)12-19-21/h13-17,20H,4-12H2,1-3H3/t14-,15+,16-,17-,18-/m0/s1. The molecule has 2 rings (SSSR count). The third kappa shape index (κ3) is 3.49. The van der Waals surface area contributed by atoms with Crippen LogP contribution in [0.15, 0.2) is 5.18 Å². The Morgan fingerprint density at radius 1 is 1.19 bits per heavy atom. The zero-order valence-electron chi connectivity index (χ0n) is 14.1. The first-order valence-electron chi connectivity index (χ1n) is 8.98. The van der Waals surface area contributed by atoms with Gasteiger partial charge < -0.3 is 5.11 Å². The van der Waals surface area contributed by atoms with Gasteiger partial charge in [0.05, 0.1) is 12.6 Å². The maximum absolute atomic E-state index is 11.1. The van der Waals surface area contributed by atoms with E-state index in [0.717, 1.165) is 31.6 Å². The van der Waals surface area contributed by atoms with E-state index in [4.69, 9.17) is 0 Å². The molecule has 0 aliphatic heterocycles. The summed E-state index contributed by atoms with van der Waals surface area (Å²) < 4.78 is 0. The molecule has 0 heterocycles. The predicted octanol–water partition coefficient (Wildman–Crippen LogP) is 4.77. The van der Waals surface area contributed by atoms with Gasteiger partial charge in [-0.15, -0.1) is 0 Å². The maximum atomic E-state index is 11.1. The van der Waals surface area contributed by atoms with Crippen LogP contribution in [-0.2, 0) is 0 Å². The summed E-state index contributed by atoms with van der Waals surface area (Å²) in [6.07, 6.45) is 8.98. The molecule has 0 saturated heterocycles. The van der Waals surface area contributed by atoms with Crippen LogP contribution in [0.2, 0.25) is 0 Å². The van der Waals surface area contributed by atoms with Crippen molar-refractivity contribution in [3.8, 4) is 0 Å². The largest absolute Gasteiger partial charge is 0.393 e. The fraction of sp³-hybridized carbons (Fsp3) is 1.00. The molecule has 0 bridgehead atoms. The Bertz CT molecular complexity index is 344. The van der Waals surface area contributed by atoms with Gasteiger partial charge in [0.1, 0.15) is 0 Å². The highest BCUT2D eigenvalue weighted by Gasteiger charge is 2.55. The van der Waals surface area contributed by atoms with E-state index in [2.05, 4.69) is 25.9 Å². The summed E-state index contributed by atoms with van der Waals surface area (Å²) >= 11 is 0. The second kappa shape index (κ2) is 7.21. The Kier molecular flexibility index (Phi) is 5.81. The van der Waals surface area contributed by atoms with E-state index >= 15 is 0 Å². The lowest BCUT2D eigenvalue weighted by molar-refractivity contribution is -0.0337. The van der Waals surface area contributed by atoms with Crippen LogP contribution >= 0.6 is 0 Å². The minimum atomic E-state index is -0.201. The number of aliphatic hydroxyl groups is 1. The summed E-state index contributed by atoms with van der Waals surface area (Å²) in [5, 5.41) is 13.7. The molecule has 2 aliphatic carbocycles. The summed E-state index contributed by atoms with van der Waals surface area (Å²) in [5.41, 5.74) is 0.0106. The Balaban J connectivity index is 2.05. The van der Waals surface area contributed by atoms with E-state index in [0.29, 0.717) is 24.3 Å². The van der Waals surface area contributed by atoms with Crippen molar-refractivity contribution < 1.29 is 5.11 Å². The molecular formula is C18H33NO2. The van der Waals surface area contributed by atoms with Crippen LogP contribution in [0.5, 0.6) is 0 Å². The molecule has 2 saturated carbocycles. The molecule has 0 aromatic carbocycles. The minimum Gasteiger partial charge on any atom is -0.393 e. The molecule has 5 atom stereocenters. The zero-order valence-corrected chi connectivity index (χ0v) is 14.1. The SMILES string of the molecule is CC(C)CCC[C@H](C)[C@H]1CC[C@H]2[C@@H](O)CCC[C@]12CN=O. The van der Waals surface area contributed by atoms with Gasteiger partial charge in [-0.05, 0) is 49.4 Å². The van der Waals surface area contributed by atoms with Crippen molar-refractivity contribution >= 4 is 0 Å². The van der Waals surface area contributed by atoms with Crippen molar-refractivity contribution in [1.29, 1.82) is 0 Å². The van der Waals surface area contributed by atoms with Crippen LogP contribution in [0, 0.1) is 34.0 Å². The van der Waals surface area contributed by atoms with E-state index < -0.39 is 0 Å². The molecule has 0 spiro atoms. The number of aliphatic hydroxyl groups excluding tert-OH is 1. The van der Waals surface area contributed by atoms with Crippen LogP contribution in [0.25, 0.3) is 0 Å². The molecule has 3 nitrogen and oxygen atoms in total. The Morgan fingerprint density at radius 2 is 1.95 bits per heavy atom. The van der Waals surface area contributed by atoms with E-state index in [9.17, 15) is 10.0 Å². The molecule has 0 aromatic rings. The van der Waals surface area contributed by atoms with Crippen LogP contribution in [0.4, 0.5) is 0 Å². The zero-order chi connectivity index (χ0) is 15.5. The van der Waals surface area contributed by atoms with Gasteiger partial charge in [0, 0.05) is 5.41 Å². The molecular weight excluding hydrogens is 262 g/mol. The first-order valence-corrected chi connectivity index (χ1v) is 8.98. The topological polar surface area (TPSA) is 49.7 Å². The average molecular weight is 295 g/mol. The number of rotatable bonds is 7. The Morgan fingerprint density at radius 3 is 2.62 bits per heavy atom. The predicted molar refractivity (Wildman–Crippen MR) is 87.0 cm³/mol. The van der Waals surface area contributed by atoms with Crippen molar-refractivity contribution in [1.82, 2.24) is 0 Å². The van der Waals surface area contributed by atoms with Crippen LogP contribution in [-0.4, -0.2) is 17.8 Å². The first-order chi connectivity index (χ1) is 10.0. The summed E-state index contributed by atoms with van der Waals surface area (Å²) in [6, 6.07) is 0. The highest BCUT2D eigenvalue weighted by atomic mass is 16.3. The quantitative estimate of drug-likeness (QED) is 0.688. The molecule has 0 amide bonds. The van der Waals surface area contributed by atoms with Gasteiger partial charge in [-0.1, -0.05) is 51.6 Å². The summed E-state index contributed by atoms with van der Waals surface area (Å²) in [7, 11) is 0. The van der Waals surface area contributed by atoms with Crippen molar-refractivity contribution in [2.75, 3.05) is 6.54 Å². The van der Waals surface area contributed by atoms with Crippen LogP contribution in [0.3, 0.4) is 0 Å². The van der Waals surface area contributed by atoms with E-state index in [1.807, 2.05) is 0 Å². The van der Waals surface area contributed by atoms with Gasteiger partial charge in [-0.2, -0.15) is 4.91 Å². The lowest BCUT2D eigenvalue weighted by Crippen LogP contribution is -2.45. The van der Waals surface area contributed by atoms with E-state index in [1.54, 1.807) is 0 Å². The fourth-order valence-electron chi connectivity index (χ4n) is 5.33. The third-order valence-electron chi connectivity index (χ3n) is 6.36. The highest BCUT2D eigenvalue weighted by molar-refractivity contribution is 5.05. The number of hydrogen-bond acceptors (Lipinski definition) is 3. The second-order valence-corrected chi connectivity index (χ2v) is 8.07. The number of nitrogens with zero attached hydrogens (tertiary/aromatic N) is 1. The summed E-state index contributed by atoms with van der Waals surface area (Å²) in [4.78, 5) is 11.1. The average Bonchev–Trinajstić information content (AvgIpc) is 2.79. The molecule has 21 heavy (non-hydrogen) atoms. The maximum Gasteiger partial charge on any atom is 0.0873 e. The molecule has 0 aromatic heterocycles. The minimum absolute atomic E-state index is 0.0106. The molecule has 0 radical (unpaired) electrons.